The average Bonchev–Trinajstić information content (AvgIpc) is 2.33. The Morgan fingerprint density at radius 3 is 2.56 bits per heavy atom. The molecule has 0 spiro atoms. The lowest BCUT2D eigenvalue weighted by atomic mass is 9.95. The van der Waals surface area contributed by atoms with Crippen molar-refractivity contribution in [3.63, 3.8) is 0 Å². The van der Waals surface area contributed by atoms with Crippen LogP contribution in [0.25, 0.3) is 0 Å². The fourth-order valence-electron chi connectivity index (χ4n) is 1.97. The second kappa shape index (κ2) is 7.72. The maximum atomic E-state index is 11.1. The molecule has 0 aromatic rings. The predicted molar refractivity (Wildman–Crippen MR) is 72.7 cm³/mol. The lowest BCUT2D eigenvalue weighted by Gasteiger charge is -2.21. The molecule has 0 aromatic heterocycles. The summed E-state index contributed by atoms with van der Waals surface area (Å²) in [6.07, 6.45) is 10.4. The smallest absolute Gasteiger partial charge is 0.137 e. The van der Waals surface area contributed by atoms with Crippen molar-refractivity contribution in [1.82, 2.24) is 0 Å². The second-order valence-electron chi connectivity index (χ2n) is 4.25. The van der Waals surface area contributed by atoms with Gasteiger partial charge in [0.25, 0.3) is 0 Å². The van der Waals surface area contributed by atoms with Gasteiger partial charge in [0.2, 0.25) is 0 Å². The molecule has 1 unspecified atom stereocenters. The van der Waals surface area contributed by atoms with Crippen LogP contribution in [0.1, 0.15) is 52.4 Å². The van der Waals surface area contributed by atoms with E-state index in [4.69, 9.17) is 0 Å². The lowest BCUT2D eigenvalue weighted by molar-refractivity contribution is -0.106. The van der Waals surface area contributed by atoms with Gasteiger partial charge in [0.05, 0.1) is 5.25 Å². The first-order chi connectivity index (χ1) is 7.83. The van der Waals surface area contributed by atoms with Gasteiger partial charge in [-0.3, -0.25) is 0 Å². The van der Waals surface area contributed by atoms with E-state index < -0.39 is 0 Å². The summed E-state index contributed by atoms with van der Waals surface area (Å²) in [7, 11) is 0. The number of aldehydes is 1. The van der Waals surface area contributed by atoms with Crippen LogP contribution in [-0.2, 0) is 4.79 Å². The molecule has 1 aliphatic rings. The van der Waals surface area contributed by atoms with Crippen LogP contribution in [0.2, 0.25) is 0 Å². The SMILES string of the molecule is CCCCC1=C(CCCC)C(C=O)SC=C1. The van der Waals surface area contributed by atoms with Crippen molar-refractivity contribution >= 4 is 18.0 Å². The van der Waals surface area contributed by atoms with Gasteiger partial charge in [-0.15, -0.1) is 11.8 Å². The van der Waals surface area contributed by atoms with E-state index in [1.807, 2.05) is 0 Å². The Morgan fingerprint density at radius 2 is 1.94 bits per heavy atom. The van der Waals surface area contributed by atoms with Crippen LogP contribution in [0, 0.1) is 0 Å². The summed E-state index contributed by atoms with van der Waals surface area (Å²) in [5.41, 5.74) is 2.81. The molecule has 0 N–H and O–H groups in total. The number of thioether (sulfide) groups is 1. The third-order valence-corrected chi connectivity index (χ3v) is 3.96. The fourth-order valence-corrected chi connectivity index (χ4v) is 2.88. The number of hydrogen-bond donors (Lipinski definition) is 0. The summed E-state index contributed by atoms with van der Waals surface area (Å²) in [6.45, 7) is 4.42. The van der Waals surface area contributed by atoms with Gasteiger partial charge < -0.3 is 4.79 Å². The van der Waals surface area contributed by atoms with Crippen LogP contribution in [0.4, 0.5) is 0 Å². The first kappa shape index (κ1) is 13.6. The van der Waals surface area contributed by atoms with Crippen LogP contribution in [0.3, 0.4) is 0 Å². The van der Waals surface area contributed by atoms with E-state index in [2.05, 4.69) is 25.3 Å². The molecule has 1 nitrogen and oxygen atoms in total. The molecule has 0 amide bonds. The minimum Gasteiger partial charge on any atom is -0.302 e. The van der Waals surface area contributed by atoms with Gasteiger partial charge in [-0.25, -0.2) is 0 Å². The van der Waals surface area contributed by atoms with Gasteiger partial charge >= 0.3 is 0 Å². The minimum atomic E-state index is 0.0865. The zero-order chi connectivity index (χ0) is 11.8. The van der Waals surface area contributed by atoms with Crippen molar-refractivity contribution in [3.05, 3.63) is 22.6 Å². The van der Waals surface area contributed by atoms with Crippen LogP contribution in [0.5, 0.6) is 0 Å². The van der Waals surface area contributed by atoms with Crippen LogP contribution >= 0.6 is 11.8 Å². The van der Waals surface area contributed by atoms with Crippen LogP contribution < -0.4 is 0 Å². The Labute approximate surface area is 103 Å². The molecule has 0 fully saturated rings. The van der Waals surface area contributed by atoms with Crippen molar-refractivity contribution in [2.24, 2.45) is 0 Å². The topological polar surface area (TPSA) is 17.1 Å². The van der Waals surface area contributed by atoms with E-state index in [0.717, 1.165) is 19.1 Å². The van der Waals surface area contributed by atoms with Crippen molar-refractivity contribution in [2.75, 3.05) is 0 Å². The highest BCUT2D eigenvalue weighted by Gasteiger charge is 2.19. The first-order valence-electron chi connectivity index (χ1n) is 6.32. The van der Waals surface area contributed by atoms with E-state index in [1.165, 1.54) is 36.8 Å². The molecule has 16 heavy (non-hydrogen) atoms. The number of hydrogen-bond acceptors (Lipinski definition) is 2. The molecule has 90 valence electrons. The number of unbranched alkanes of at least 4 members (excludes halogenated alkanes) is 2. The number of rotatable bonds is 7. The van der Waals surface area contributed by atoms with Gasteiger partial charge in [-0.2, -0.15) is 0 Å². The van der Waals surface area contributed by atoms with Crippen molar-refractivity contribution in [2.45, 2.75) is 57.6 Å². The minimum absolute atomic E-state index is 0.0865. The standard InChI is InChI=1S/C14H22OS/c1-3-5-7-12-9-10-16-14(11-15)13(12)8-6-4-2/h9-11,14H,3-8H2,1-2H3. The van der Waals surface area contributed by atoms with Crippen molar-refractivity contribution in [3.8, 4) is 0 Å². The molecule has 0 aromatic carbocycles. The highest BCUT2D eigenvalue weighted by molar-refractivity contribution is 8.03. The van der Waals surface area contributed by atoms with E-state index in [9.17, 15) is 4.79 Å². The van der Waals surface area contributed by atoms with Gasteiger partial charge in [-0.05, 0) is 42.2 Å². The maximum absolute atomic E-state index is 11.1. The normalized spacial score (nSPS) is 20.2. The third kappa shape index (κ3) is 3.82. The average molecular weight is 238 g/mol. The number of allylic oxidation sites excluding steroid dienone is 2. The summed E-state index contributed by atoms with van der Waals surface area (Å²) in [4.78, 5) is 11.1. The summed E-state index contributed by atoms with van der Waals surface area (Å²) >= 11 is 1.65. The van der Waals surface area contributed by atoms with Gasteiger partial charge in [0.15, 0.2) is 0 Å². The Kier molecular flexibility index (Phi) is 6.55. The highest BCUT2D eigenvalue weighted by Crippen LogP contribution is 2.33. The van der Waals surface area contributed by atoms with Crippen LogP contribution in [-0.4, -0.2) is 11.5 Å². The van der Waals surface area contributed by atoms with Crippen molar-refractivity contribution in [1.29, 1.82) is 0 Å². The molecule has 1 rings (SSSR count). The van der Waals surface area contributed by atoms with Crippen molar-refractivity contribution < 1.29 is 4.79 Å². The molecule has 0 saturated carbocycles. The maximum Gasteiger partial charge on any atom is 0.137 e. The molecule has 1 heterocycles. The number of carbonyl (C=O) groups excluding carboxylic acids is 1. The molecule has 1 aliphatic heterocycles. The first-order valence-corrected chi connectivity index (χ1v) is 7.27. The zero-order valence-electron chi connectivity index (χ0n) is 10.4. The second-order valence-corrected chi connectivity index (χ2v) is 5.31. The van der Waals surface area contributed by atoms with E-state index in [1.54, 1.807) is 11.8 Å². The molecule has 0 aliphatic carbocycles. The molecule has 2 heteroatoms. The molecule has 0 saturated heterocycles. The monoisotopic (exact) mass is 238 g/mol. The van der Waals surface area contributed by atoms with E-state index in [-0.39, 0.29) is 5.25 Å². The van der Waals surface area contributed by atoms with Gasteiger partial charge in [0, 0.05) is 0 Å². The number of carbonyl (C=O) groups is 1. The third-order valence-electron chi connectivity index (χ3n) is 2.97. The Morgan fingerprint density at radius 1 is 1.25 bits per heavy atom. The molecule has 0 bridgehead atoms. The van der Waals surface area contributed by atoms with Gasteiger partial charge in [0.1, 0.15) is 6.29 Å². The highest BCUT2D eigenvalue weighted by atomic mass is 32.2. The quantitative estimate of drug-likeness (QED) is 0.608. The molecular weight excluding hydrogens is 216 g/mol. The predicted octanol–water partition coefficient (Wildman–Crippen LogP) is 4.49. The lowest BCUT2D eigenvalue weighted by Crippen LogP contribution is -2.12. The summed E-state index contributed by atoms with van der Waals surface area (Å²) < 4.78 is 0. The van der Waals surface area contributed by atoms with E-state index >= 15 is 0 Å². The molecule has 1 atom stereocenters. The Bertz CT molecular complexity index is 278. The Balaban J connectivity index is 2.76. The summed E-state index contributed by atoms with van der Waals surface area (Å²) in [6, 6.07) is 0. The molecular formula is C14H22OS. The molecule has 0 radical (unpaired) electrons. The summed E-state index contributed by atoms with van der Waals surface area (Å²) in [5.74, 6) is 0. The zero-order valence-corrected chi connectivity index (χ0v) is 11.2. The largest absolute Gasteiger partial charge is 0.302 e. The van der Waals surface area contributed by atoms with Crippen LogP contribution in [0.15, 0.2) is 22.6 Å². The summed E-state index contributed by atoms with van der Waals surface area (Å²) in [5, 5.41) is 2.17. The van der Waals surface area contributed by atoms with E-state index in [0.29, 0.717) is 0 Å². The fraction of sp³-hybridized carbons (Fsp3) is 0.643. The van der Waals surface area contributed by atoms with Gasteiger partial charge in [-0.1, -0.05) is 32.8 Å². The Hall–Kier alpha value is -0.500.